The fourth-order valence-corrected chi connectivity index (χ4v) is 4.68. The van der Waals surface area contributed by atoms with E-state index >= 15 is 0 Å². The predicted octanol–water partition coefficient (Wildman–Crippen LogP) is 1.12. The number of nitrogens with zero attached hydrogens (tertiary/aromatic N) is 5. The normalized spacial score (nSPS) is 34.8. The highest BCUT2D eigenvalue weighted by Gasteiger charge is 2.69. The Hall–Kier alpha value is -2.47. The number of hydrogen-bond donors (Lipinski definition) is 1. The summed E-state index contributed by atoms with van der Waals surface area (Å²) in [5.41, 5.74) is 0.148. The van der Waals surface area contributed by atoms with E-state index < -0.39 is 11.3 Å². The Bertz CT molecular complexity index is 1030. The molecule has 146 valence electrons. The summed E-state index contributed by atoms with van der Waals surface area (Å²) >= 11 is 0. The molecule has 0 bridgehead atoms. The number of ether oxygens (including phenoxy) is 2. The molecule has 2 aromatic heterocycles. The topological polar surface area (TPSA) is 85.0 Å². The highest BCUT2D eigenvalue weighted by Crippen LogP contribution is 2.57. The molecule has 1 N–H and O–H groups in total. The van der Waals surface area contributed by atoms with Crippen LogP contribution in [-0.2, 0) is 15.0 Å². The first kappa shape index (κ1) is 17.6. The van der Waals surface area contributed by atoms with Crippen LogP contribution in [0.5, 0.6) is 0 Å². The van der Waals surface area contributed by atoms with E-state index in [1.165, 1.54) is 6.33 Å². The number of rotatable bonds is 4. The molecule has 1 saturated heterocycles. The molecule has 8 nitrogen and oxygen atoms in total. The minimum absolute atomic E-state index is 0.00820. The van der Waals surface area contributed by atoms with Crippen LogP contribution < -0.4 is 0 Å². The van der Waals surface area contributed by atoms with E-state index in [2.05, 4.69) is 31.4 Å². The monoisotopic (exact) mass is 381 g/mol. The zero-order valence-electron chi connectivity index (χ0n) is 16.3. The molecule has 28 heavy (non-hydrogen) atoms. The lowest BCUT2D eigenvalue weighted by molar-refractivity contribution is -0.171. The smallest absolute Gasteiger partial charge is 0.166 e. The van der Waals surface area contributed by atoms with Crippen molar-refractivity contribution < 1.29 is 14.6 Å². The Labute approximate surface area is 163 Å². The Morgan fingerprint density at radius 2 is 2.18 bits per heavy atom. The Kier molecular flexibility index (Phi) is 3.63. The van der Waals surface area contributed by atoms with E-state index in [1.807, 2.05) is 45.1 Å². The highest BCUT2D eigenvalue weighted by molar-refractivity contribution is 5.87. The first-order valence-corrected chi connectivity index (χ1v) is 9.40. The molecule has 2 aromatic rings. The summed E-state index contributed by atoms with van der Waals surface area (Å²) in [7, 11) is 3.82. The molecule has 1 saturated carbocycles. The molecule has 1 aliphatic heterocycles. The van der Waals surface area contributed by atoms with E-state index in [-0.39, 0.29) is 30.7 Å². The van der Waals surface area contributed by atoms with E-state index in [9.17, 15) is 5.11 Å². The van der Waals surface area contributed by atoms with Crippen molar-refractivity contribution in [3.8, 4) is 11.8 Å². The van der Waals surface area contributed by atoms with Crippen LogP contribution in [-0.4, -0.2) is 69.6 Å². The average molecular weight is 381 g/mol. The molecule has 0 amide bonds. The van der Waals surface area contributed by atoms with Gasteiger partial charge in [-0.3, -0.25) is 0 Å². The molecule has 2 fully saturated rings. The molecule has 3 heterocycles. The first-order valence-electron chi connectivity index (χ1n) is 9.40. The number of aliphatic hydroxyl groups excluding tert-OH is 1. The summed E-state index contributed by atoms with van der Waals surface area (Å²) in [4.78, 5) is 15.2. The van der Waals surface area contributed by atoms with Gasteiger partial charge in [0.05, 0.1) is 23.7 Å². The van der Waals surface area contributed by atoms with Gasteiger partial charge in [0.2, 0.25) is 0 Å². The molecular formula is C20H23N5O3. The van der Waals surface area contributed by atoms with Gasteiger partial charge in [-0.25, -0.2) is 15.0 Å². The van der Waals surface area contributed by atoms with Crippen molar-refractivity contribution in [2.75, 3.05) is 20.7 Å². The van der Waals surface area contributed by atoms with Crippen LogP contribution in [0.15, 0.2) is 23.6 Å². The Balaban J connectivity index is 1.64. The summed E-state index contributed by atoms with van der Waals surface area (Å²) in [5.74, 6) is 6.33. The van der Waals surface area contributed by atoms with Gasteiger partial charge in [0.15, 0.2) is 11.6 Å². The quantitative estimate of drug-likeness (QED) is 0.485. The van der Waals surface area contributed by atoms with Crippen LogP contribution in [0.1, 0.15) is 13.8 Å². The first-order chi connectivity index (χ1) is 13.4. The molecule has 0 unspecified atom stereocenters. The van der Waals surface area contributed by atoms with Gasteiger partial charge in [0.25, 0.3) is 0 Å². The second kappa shape index (κ2) is 5.77. The number of aliphatic hydroxyl groups is 1. The zero-order chi connectivity index (χ0) is 19.7. The molecule has 5 atom stereocenters. The Morgan fingerprint density at radius 1 is 1.36 bits per heavy atom. The Morgan fingerprint density at radius 3 is 2.86 bits per heavy atom. The molecule has 0 spiro atoms. The van der Waals surface area contributed by atoms with Gasteiger partial charge in [-0.1, -0.05) is 11.8 Å². The maximum Gasteiger partial charge on any atom is 0.166 e. The summed E-state index contributed by atoms with van der Waals surface area (Å²) < 4.78 is 14.5. The van der Waals surface area contributed by atoms with Crippen molar-refractivity contribution >= 4 is 23.2 Å². The van der Waals surface area contributed by atoms with Crippen LogP contribution in [0.3, 0.4) is 0 Å². The van der Waals surface area contributed by atoms with Gasteiger partial charge in [-0.05, 0) is 19.9 Å². The van der Waals surface area contributed by atoms with Gasteiger partial charge in [0, 0.05) is 32.8 Å². The van der Waals surface area contributed by atoms with Crippen molar-refractivity contribution in [2.24, 2.45) is 16.8 Å². The van der Waals surface area contributed by atoms with Crippen LogP contribution in [0, 0.1) is 23.7 Å². The fraction of sp³-hybridized carbons (Fsp3) is 0.550. The van der Waals surface area contributed by atoms with Crippen molar-refractivity contribution in [3.63, 3.8) is 0 Å². The summed E-state index contributed by atoms with van der Waals surface area (Å²) in [5, 5.41) is 10.9. The van der Waals surface area contributed by atoms with Crippen molar-refractivity contribution in [1.29, 1.82) is 0 Å². The van der Waals surface area contributed by atoms with Crippen molar-refractivity contribution in [2.45, 2.75) is 37.4 Å². The molecule has 8 heteroatoms. The van der Waals surface area contributed by atoms with Gasteiger partial charge >= 0.3 is 0 Å². The van der Waals surface area contributed by atoms with Crippen LogP contribution in [0.2, 0.25) is 0 Å². The summed E-state index contributed by atoms with van der Waals surface area (Å²) in [6, 6.07) is 1.96. The molecular weight excluding hydrogens is 358 g/mol. The van der Waals surface area contributed by atoms with Crippen molar-refractivity contribution in [3.05, 3.63) is 18.6 Å². The third kappa shape index (κ3) is 2.21. The largest absolute Gasteiger partial charge is 0.396 e. The average Bonchev–Trinajstić information content (AvgIpc) is 3.22. The number of aliphatic imine (C=N–C) groups is 1. The standard InChI is InChI=1S/C20H23N5O3/c1-19(2)27-15-13(9-26)14-5-7-20(14,16(15)28-19)25-8-6-12-17(23-11-24(3)4)21-10-22-18(12)25/h6,8,10-11,13-16,26H,9H2,1-4H3/t13-,14-,15+,16+,20+/m0/s1. The predicted molar refractivity (Wildman–Crippen MR) is 103 cm³/mol. The molecule has 5 rings (SSSR count). The molecule has 0 radical (unpaired) electrons. The van der Waals surface area contributed by atoms with Crippen LogP contribution in [0.4, 0.5) is 5.82 Å². The molecule has 0 aromatic carbocycles. The van der Waals surface area contributed by atoms with Gasteiger partial charge in [-0.2, -0.15) is 0 Å². The van der Waals surface area contributed by atoms with E-state index in [0.717, 1.165) is 11.0 Å². The second-order valence-electron chi connectivity index (χ2n) is 8.27. The zero-order valence-corrected chi connectivity index (χ0v) is 16.3. The van der Waals surface area contributed by atoms with E-state index in [1.54, 1.807) is 6.34 Å². The minimum Gasteiger partial charge on any atom is -0.396 e. The minimum atomic E-state index is -0.711. The maximum absolute atomic E-state index is 10.0. The number of fused-ring (bicyclic) bond motifs is 4. The van der Waals surface area contributed by atoms with Crippen LogP contribution >= 0.6 is 0 Å². The van der Waals surface area contributed by atoms with Crippen molar-refractivity contribution in [1.82, 2.24) is 19.4 Å². The summed E-state index contributed by atoms with van der Waals surface area (Å²) in [6.45, 7) is 3.81. The lowest BCUT2D eigenvalue weighted by Crippen LogP contribution is -2.51. The SMILES string of the molecule is CN(C)C=Nc1ncnc2c1ccn2[C@]12C#C[C@H]1[C@H](CO)[C@H]1OC(C)(C)O[C@H]12. The third-order valence-electron chi connectivity index (χ3n) is 5.80. The lowest BCUT2D eigenvalue weighted by atomic mass is 9.75. The van der Waals surface area contributed by atoms with Gasteiger partial charge < -0.3 is 24.0 Å². The third-order valence-corrected chi connectivity index (χ3v) is 5.80. The fourth-order valence-electron chi connectivity index (χ4n) is 4.68. The second-order valence-corrected chi connectivity index (χ2v) is 8.27. The van der Waals surface area contributed by atoms with Gasteiger partial charge in [0.1, 0.15) is 23.6 Å². The lowest BCUT2D eigenvalue weighted by Gasteiger charge is -2.40. The van der Waals surface area contributed by atoms with Crippen LogP contribution in [0.25, 0.3) is 11.0 Å². The molecule has 3 aliphatic rings. The summed E-state index contributed by atoms with van der Waals surface area (Å²) in [6.07, 6.45) is 4.71. The van der Waals surface area contributed by atoms with E-state index in [4.69, 9.17) is 9.47 Å². The number of hydrogen-bond acceptors (Lipinski definition) is 6. The van der Waals surface area contributed by atoms with E-state index in [0.29, 0.717) is 5.82 Å². The molecule has 2 aliphatic carbocycles. The highest BCUT2D eigenvalue weighted by atomic mass is 16.8. The maximum atomic E-state index is 10.0. The number of aromatic nitrogens is 3. The van der Waals surface area contributed by atoms with Gasteiger partial charge in [-0.15, -0.1) is 0 Å².